The molecule has 4 nitrogen and oxygen atoms in total. The highest BCUT2D eigenvalue weighted by Crippen LogP contribution is 2.20. The zero-order valence-corrected chi connectivity index (χ0v) is 9.01. The van der Waals surface area contributed by atoms with E-state index in [9.17, 15) is 0 Å². The molecule has 2 rings (SSSR count). The van der Waals surface area contributed by atoms with Crippen LogP contribution in [0, 0.1) is 0 Å². The number of piperazine rings is 1. The number of likely N-dealkylation sites (tertiary alicyclic amines) is 1. The van der Waals surface area contributed by atoms with Gasteiger partial charge in [0.15, 0.2) is 0 Å². The van der Waals surface area contributed by atoms with Gasteiger partial charge in [0.2, 0.25) is 0 Å². The maximum atomic E-state index is 5.35. The molecule has 2 saturated heterocycles. The van der Waals surface area contributed by atoms with Gasteiger partial charge in [-0.05, 0) is 12.8 Å². The number of methoxy groups -OCH3 is 1. The van der Waals surface area contributed by atoms with Crippen molar-refractivity contribution in [3.05, 3.63) is 0 Å². The summed E-state index contributed by atoms with van der Waals surface area (Å²) in [6, 6.07) is 0. The number of ether oxygens (including phenoxy) is 1. The van der Waals surface area contributed by atoms with Crippen molar-refractivity contribution in [2.45, 2.75) is 18.5 Å². The average Bonchev–Trinajstić information content (AvgIpc) is 2.73. The third-order valence-electron chi connectivity index (χ3n) is 3.27. The predicted molar refractivity (Wildman–Crippen MR) is 56.3 cm³/mol. The van der Waals surface area contributed by atoms with Gasteiger partial charge in [0, 0.05) is 39.8 Å². The van der Waals surface area contributed by atoms with Crippen LogP contribution < -0.4 is 10.6 Å². The predicted octanol–water partition coefficient (Wildman–Crippen LogP) is -0.382. The molecule has 2 aliphatic heterocycles. The molecule has 82 valence electrons. The van der Waals surface area contributed by atoms with Crippen LogP contribution in [0.2, 0.25) is 0 Å². The minimum Gasteiger partial charge on any atom is -0.381 e. The van der Waals surface area contributed by atoms with Gasteiger partial charge in [0.1, 0.15) is 5.66 Å². The summed E-state index contributed by atoms with van der Waals surface area (Å²) in [6.07, 6.45) is 2.65. The maximum absolute atomic E-state index is 5.35. The molecule has 2 aliphatic rings. The fourth-order valence-corrected chi connectivity index (χ4v) is 2.54. The highest BCUT2D eigenvalue weighted by molar-refractivity contribution is 4.95. The number of hydrogen-bond donors (Lipinski definition) is 2. The highest BCUT2D eigenvalue weighted by atomic mass is 16.5. The lowest BCUT2D eigenvalue weighted by atomic mass is 10.1. The Morgan fingerprint density at radius 2 is 2.07 bits per heavy atom. The van der Waals surface area contributed by atoms with E-state index >= 15 is 0 Å². The first kappa shape index (κ1) is 10.4. The number of rotatable bonds is 3. The third-order valence-corrected chi connectivity index (χ3v) is 3.27. The zero-order valence-electron chi connectivity index (χ0n) is 9.01. The first-order valence-corrected chi connectivity index (χ1v) is 5.57. The number of nitrogens with one attached hydrogen (secondary N) is 2. The first-order valence-electron chi connectivity index (χ1n) is 5.57. The highest BCUT2D eigenvalue weighted by Gasteiger charge is 2.38. The van der Waals surface area contributed by atoms with Gasteiger partial charge in [-0.15, -0.1) is 0 Å². The Morgan fingerprint density at radius 3 is 2.64 bits per heavy atom. The van der Waals surface area contributed by atoms with E-state index < -0.39 is 0 Å². The molecule has 0 spiro atoms. The lowest BCUT2D eigenvalue weighted by Gasteiger charge is -2.45. The molecule has 1 unspecified atom stereocenters. The van der Waals surface area contributed by atoms with E-state index in [0.29, 0.717) is 0 Å². The van der Waals surface area contributed by atoms with Crippen molar-refractivity contribution in [3.8, 4) is 0 Å². The summed E-state index contributed by atoms with van der Waals surface area (Å²) in [5.74, 6) is 0. The van der Waals surface area contributed by atoms with Gasteiger partial charge in [-0.2, -0.15) is 0 Å². The Kier molecular flexibility index (Phi) is 3.38. The molecule has 0 aromatic rings. The molecule has 1 atom stereocenters. The van der Waals surface area contributed by atoms with Gasteiger partial charge in [-0.25, -0.2) is 0 Å². The first-order chi connectivity index (χ1) is 6.87. The van der Waals surface area contributed by atoms with Crippen molar-refractivity contribution in [1.29, 1.82) is 0 Å². The molecule has 4 heteroatoms. The molecule has 0 saturated carbocycles. The Morgan fingerprint density at radius 1 is 1.29 bits per heavy atom. The SMILES string of the molecule is COCC1(N2CCCC2)CNCCN1. The Hall–Kier alpha value is -0.160. The molecule has 2 N–H and O–H groups in total. The molecule has 0 radical (unpaired) electrons. The van der Waals surface area contributed by atoms with Gasteiger partial charge in [0.25, 0.3) is 0 Å². The van der Waals surface area contributed by atoms with Crippen LogP contribution in [0.3, 0.4) is 0 Å². The summed E-state index contributed by atoms with van der Waals surface area (Å²) in [6.45, 7) is 6.30. The van der Waals surface area contributed by atoms with E-state index in [1.54, 1.807) is 7.11 Å². The van der Waals surface area contributed by atoms with Gasteiger partial charge in [0.05, 0.1) is 6.61 Å². The van der Waals surface area contributed by atoms with Crippen molar-refractivity contribution in [1.82, 2.24) is 15.5 Å². The van der Waals surface area contributed by atoms with Gasteiger partial charge in [-0.1, -0.05) is 0 Å². The van der Waals surface area contributed by atoms with Gasteiger partial charge >= 0.3 is 0 Å². The quantitative estimate of drug-likeness (QED) is 0.649. The van der Waals surface area contributed by atoms with Gasteiger partial charge < -0.3 is 10.1 Å². The number of nitrogens with zero attached hydrogens (tertiary/aromatic N) is 1. The van der Waals surface area contributed by atoms with Crippen LogP contribution >= 0.6 is 0 Å². The fourth-order valence-electron chi connectivity index (χ4n) is 2.54. The largest absolute Gasteiger partial charge is 0.381 e. The lowest BCUT2D eigenvalue weighted by molar-refractivity contribution is -0.00995. The molecule has 0 aromatic heterocycles. The van der Waals surface area contributed by atoms with Gasteiger partial charge in [-0.3, -0.25) is 10.2 Å². The van der Waals surface area contributed by atoms with Crippen molar-refractivity contribution in [3.63, 3.8) is 0 Å². The minimum atomic E-state index is 0.0590. The monoisotopic (exact) mass is 199 g/mol. The van der Waals surface area contributed by atoms with Crippen molar-refractivity contribution in [2.24, 2.45) is 0 Å². The van der Waals surface area contributed by atoms with E-state index in [0.717, 1.165) is 26.2 Å². The Bertz CT molecular complexity index is 169. The minimum absolute atomic E-state index is 0.0590. The summed E-state index contributed by atoms with van der Waals surface area (Å²) < 4.78 is 5.35. The molecular weight excluding hydrogens is 178 g/mol. The van der Waals surface area contributed by atoms with Crippen LogP contribution in [0.5, 0.6) is 0 Å². The van der Waals surface area contributed by atoms with Crippen LogP contribution in [0.1, 0.15) is 12.8 Å². The molecule has 2 heterocycles. The van der Waals surface area contributed by atoms with E-state index in [1.165, 1.54) is 25.9 Å². The zero-order chi connectivity index (χ0) is 9.86. The van der Waals surface area contributed by atoms with E-state index in [2.05, 4.69) is 15.5 Å². The Labute approximate surface area is 86.0 Å². The smallest absolute Gasteiger partial charge is 0.108 e. The molecule has 14 heavy (non-hydrogen) atoms. The second-order valence-electron chi connectivity index (χ2n) is 4.26. The summed E-state index contributed by atoms with van der Waals surface area (Å²) in [5, 5.41) is 7.07. The summed E-state index contributed by atoms with van der Waals surface area (Å²) in [5.41, 5.74) is 0.0590. The summed E-state index contributed by atoms with van der Waals surface area (Å²) >= 11 is 0. The normalized spacial score (nSPS) is 34.9. The van der Waals surface area contributed by atoms with Crippen molar-refractivity contribution in [2.75, 3.05) is 46.4 Å². The third kappa shape index (κ3) is 1.93. The molecule has 0 aliphatic carbocycles. The van der Waals surface area contributed by atoms with E-state index in [4.69, 9.17) is 4.74 Å². The molecular formula is C10H21N3O. The second kappa shape index (κ2) is 4.57. The standard InChI is InChI=1S/C10H21N3O/c1-14-9-10(8-11-4-5-12-10)13-6-2-3-7-13/h11-12H,2-9H2,1H3. The average molecular weight is 199 g/mol. The van der Waals surface area contributed by atoms with E-state index in [1.807, 2.05) is 0 Å². The van der Waals surface area contributed by atoms with Crippen molar-refractivity contribution >= 4 is 0 Å². The van der Waals surface area contributed by atoms with Crippen LogP contribution in [0.25, 0.3) is 0 Å². The lowest BCUT2D eigenvalue weighted by Crippen LogP contribution is -2.69. The topological polar surface area (TPSA) is 36.5 Å². The summed E-state index contributed by atoms with van der Waals surface area (Å²) in [7, 11) is 1.79. The van der Waals surface area contributed by atoms with Crippen LogP contribution in [0.15, 0.2) is 0 Å². The van der Waals surface area contributed by atoms with Crippen LogP contribution in [-0.2, 0) is 4.74 Å². The van der Waals surface area contributed by atoms with Crippen LogP contribution in [0.4, 0.5) is 0 Å². The van der Waals surface area contributed by atoms with Crippen molar-refractivity contribution < 1.29 is 4.74 Å². The summed E-state index contributed by atoms with van der Waals surface area (Å²) in [4.78, 5) is 2.53. The molecule has 0 amide bonds. The van der Waals surface area contributed by atoms with E-state index in [-0.39, 0.29) is 5.66 Å². The molecule has 0 aromatic carbocycles. The molecule has 0 bridgehead atoms. The maximum Gasteiger partial charge on any atom is 0.108 e. The second-order valence-corrected chi connectivity index (χ2v) is 4.26. The van der Waals surface area contributed by atoms with Crippen LogP contribution in [-0.4, -0.2) is 57.0 Å². The Balaban J connectivity index is 2.02. The molecule has 2 fully saturated rings. The fraction of sp³-hybridized carbons (Fsp3) is 1.00. The number of hydrogen-bond acceptors (Lipinski definition) is 4.